The maximum Gasteiger partial charge on any atom is 0.407 e. The van der Waals surface area contributed by atoms with E-state index in [-0.39, 0.29) is 13.2 Å². The predicted octanol–water partition coefficient (Wildman–Crippen LogP) is 3.60. The van der Waals surface area contributed by atoms with Gasteiger partial charge in [0.25, 0.3) is 11.8 Å². The zero-order valence-electron chi connectivity index (χ0n) is 19.2. The molecule has 2 aromatic carbocycles. The highest BCUT2D eigenvalue weighted by molar-refractivity contribution is 6.21. The molecule has 0 fully saturated rings. The molecular formula is C25H28N2O6. The standard InChI is InChI=1S/C25H28N2O6/c1-5-32-23(30)17-12-10-16(11-13-17)14-18(26-24(31)33-25(2,3)4)15-27-21(28)19-8-6-7-9-20(19)22(27)29/h6-13,18H,5,14-15H2,1-4H3,(H,26,31)/t18-/m0/s1. The van der Waals surface area contributed by atoms with Crippen molar-refractivity contribution in [3.05, 3.63) is 70.8 Å². The number of amides is 3. The SMILES string of the molecule is CCOC(=O)c1ccc(C[C@@H](CN2C(=O)c3ccccc3C2=O)NC(=O)OC(C)(C)C)cc1. The lowest BCUT2D eigenvalue weighted by Crippen LogP contribution is -2.48. The number of nitrogens with one attached hydrogen (secondary N) is 1. The summed E-state index contributed by atoms with van der Waals surface area (Å²) in [5.41, 5.74) is 1.21. The van der Waals surface area contributed by atoms with Gasteiger partial charge in [0, 0.05) is 0 Å². The Morgan fingerprint density at radius 3 is 2.06 bits per heavy atom. The minimum Gasteiger partial charge on any atom is -0.462 e. The van der Waals surface area contributed by atoms with Crippen LogP contribution in [0.5, 0.6) is 0 Å². The molecule has 8 heteroatoms. The third-order valence-electron chi connectivity index (χ3n) is 4.95. The minimum absolute atomic E-state index is 0.0226. The largest absolute Gasteiger partial charge is 0.462 e. The van der Waals surface area contributed by atoms with Gasteiger partial charge in [-0.25, -0.2) is 9.59 Å². The van der Waals surface area contributed by atoms with Crippen LogP contribution in [-0.4, -0.2) is 53.6 Å². The Morgan fingerprint density at radius 1 is 0.970 bits per heavy atom. The molecule has 0 saturated heterocycles. The summed E-state index contributed by atoms with van der Waals surface area (Å²) in [5.74, 6) is -1.22. The molecule has 174 valence electrons. The molecular weight excluding hydrogens is 424 g/mol. The first-order chi connectivity index (χ1) is 15.6. The summed E-state index contributed by atoms with van der Waals surface area (Å²) >= 11 is 0. The monoisotopic (exact) mass is 452 g/mol. The zero-order chi connectivity index (χ0) is 24.2. The maximum absolute atomic E-state index is 12.8. The summed E-state index contributed by atoms with van der Waals surface area (Å²) < 4.78 is 10.4. The molecule has 3 amide bonds. The van der Waals surface area contributed by atoms with Crippen LogP contribution in [0.25, 0.3) is 0 Å². The Labute approximate surface area is 192 Å². The van der Waals surface area contributed by atoms with E-state index in [0.717, 1.165) is 10.5 Å². The lowest BCUT2D eigenvalue weighted by Gasteiger charge is -2.26. The molecule has 1 atom stereocenters. The van der Waals surface area contributed by atoms with Gasteiger partial charge in [0.15, 0.2) is 0 Å². The van der Waals surface area contributed by atoms with E-state index in [1.54, 1.807) is 76.2 Å². The van der Waals surface area contributed by atoms with Crippen LogP contribution in [0.4, 0.5) is 4.79 Å². The smallest absolute Gasteiger partial charge is 0.407 e. The van der Waals surface area contributed by atoms with Crippen molar-refractivity contribution in [1.82, 2.24) is 10.2 Å². The normalized spacial score (nSPS) is 14.0. The van der Waals surface area contributed by atoms with Gasteiger partial charge >= 0.3 is 12.1 Å². The van der Waals surface area contributed by atoms with E-state index < -0.39 is 35.5 Å². The van der Waals surface area contributed by atoms with E-state index in [2.05, 4.69) is 5.32 Å². The van der Waals surface area contributed by atoms with Gasteiger partial charge in [-0.15, -0.1) is 0 Å². The highest BCUT2D eigenvalue weighted by Gasteiger charge is 2.37. The van der Waals surface area contributed by atoms with E-state index in [9.17, 15) is 19.2 Å². The molecule has 0 spiro atoms. The molecule has 0 aliphatic carbocycles. The van der Waals surface area contributed by atoms with Crippen molar-refractivity contribution in [3.63, 3.8) is 0 Å². The van der Waals surface area contributed by atoms with Crippen LogP contribution in [0.2, 0.25) is 0 Å². The number of alkyl carbamates (subject to hydrolysis) is 1. The first kappa shape index (κ1) is 24.0. The Bertz CT molecular complexity index is 1020. The van der Waals surface area contributed by atoms with E-state index in [0.29, 0.717) is 23.1 Å². The van der Waals surface area contributed by atoms with Gasteiger partial charge in [-0.1, -0.05) is 24.3 Å². The number of hydrogen-bond acceptors (Lipinski definition) is 6. The fourth-order valence-electron chi connectivity index (χ4n) is 3.54. The van der Waals surface area contributed by atoms with Crippen molar-refractivity contribution in [2.45, 2.75) is 45.8 Å². The van der Waals surface area contributed by atoms with E-state index in [4.69, 9.17) is 9.47 Å². The van der Waals surface area contributed by atoms with E-state index >= 15 is 0 Å². The van der Waals surface area contributed by atoms with Crippen LogP contribution in [0.3, 0.4) is 0 Å². The van der Waals surface area contributed by atoms with Crippen molar-refractivity contribution in [3.8, 4) is 0 Å². The van der Waals surface area contributed by atoms with E-state index in [1.165, 1.54) is 0 Å². The topological polar surface area (TPSA) is 102 Å². The van der Waals surface area contributed by atoms with Crippen LogP contribution in [0, 0.1) is 0 Å². The molecule has 2 aromatic rings. The van der Waals surface area contributed by atoms with Crippen molar-refractivity contribution in [2.75, 3.05) is 13.2 Å². The van der Waals surface area contributed by atoms with E-state index in [1.807, 2.05) is 0 Å². The predicted molar refractivity (Wildman–Crippen MR) is 121 cm³/mol. The summed E-state index contributed by atoms with van der Waals surface area (Å²) in [7, 11) is 0. The second-order valence-electron chi connectivity index (χ2n) is 8.73. The number of imide groups is 1. The van der Waals surface area contributed by atoms with Gasteiger partial charge in [0.2, 0.25) is 0 Å². The first-order valence-electron chi connectivity index (χ1n) is 10.8. The quantitative estimate of drug-likeness (QED) is 0.509. The Balaban J connectivity index is 1.78. The number of fused-ring (bicyclic) bond motifs is 1. The van der Waals surface area contributed by atoms with Gasteiger partial charge in [0.05, 0.1) is 35.9 Å². The number of carbonyl (C=O) groups excluding carboxylic acids is 4. The summed E-state index contributed by atoms with van der Waals surface area (Å²) in [6, 6.07) is 12.8. The molecule has 3 rings (SSSR count). The van der Waals surface area contributed by atoms with Crippen LogP contribution in [0.15, 0.2) is 48.5 Å². The van der Waals surface area contributed by atoms with Crippen LogP contribution in [-0.2, 0) is 15.9 Å². The van der Waals surface area contributed by atoms with Crippen molar-refractivity contribution in [1.29, 1.82) is 0 Å². The maximum atomic E-state index is 12.8. The summed E-state index contributed by atoms with van der Waals surface area (Å²) in [6.45, 7) is 7.24. The third-order valence-corrected chi connectivity index (χ3v) is 4.95. The number of benzene rings is 2. The van der Waals surface area contributed by atoms with Crippen molar-refractivity contribution >= 4 is 23.9 Å². The highest BCUT2D eigenvalue weighted by Crippen LogP contribution is 2.23. The number of esters is 1. The van der Waals surface area contributed by atoms with Crippen molar-refractivity contribution in [2.24, 2.45) is 0 Å². The number of hydrogen-bond donors (Lipinski definition) is 1. The molecule has 0 bridgehead atoms. The number of nitrogens with zero attached hydrogens (tertiary/aromatic N) is 1. The molecule has 0 saturated carbocycles. The fourth-order valence-corrected chi connectivity index (χ4v) is 3.54. The summed E-state index contributed by atoms with van der Waals surface area (Å²) in [5, 5.41) is 2.78. The van der Waals surface area contributed by atoms with Gasteiger partial charge < -0.3 is 14.8 Å². The Hall–Kier alpha value is -3.68. The van der Waals surface area contributed by atoms with Gasteiger partial charge in [0.1, 0.15) is 5.60 Å². The van der Waals surface area contributed by atoms with Crippen LogP contribution in [0.1, 0.15) is 64.3 Å². The van der Waals surface area contributed by atoms with Gasteiger partial charge in [-0.3, -0.25) is 14.5 Å². The molecule has 1 N–H and O–H groups in total. The van der Waals surface area contributed by atoms with Gasteiger partial charge in [-0.05, 0) is 63.9 Å². The number of rotatable bonds is 7. The van der Waals surface area contributed by atoms with Crippen LogP contribution >= 0.6 is 0 Å². The number of carbonyl (C=O) groups is 4. The summed E-state index contributed by atoms with van der Waals surface area (Å²) in [6.07, 6.45) is -0.331. The fraction of sp³-hybridized carbons (Fsp3) is 0.360. The average Bonchev–Trinajstić information content (AvgIpc) is 2.98. The number of ether oxygens (including phenoxy) is 2. The molecule has 1 aliphatic heterocycles. The highest BCUT2D eigenvalue weighted by atomic mass is 16.6. The molecule has 1 aliphatic rings. The Morgan fingerprint density at radius 2 is 1.55 bits per heavy atom. The minimum atomic E-state index is -0.703. The lowest BCUT2D eigenvalue weighted by molar-refractivity contribution is 0.0468. The molecule has 33 heavy (non-hydrogen) atoms. The third kappa shape index (κ3) is 5.97. The molecule has 1 heterocycles. The molecule has 0 unspecified atom stereocenters. The Kier molecular flexibility index (Phi) is 7.16. The zero-order valence-corrected chi connectivity index (χ0v) is 19.2. The van der Waals surface area contributed by atoms with Gasteiger partial charge in [-0.2, -0.15) is 0 Å². The second kappa shape index (κ2) is 9.85. The molecule has 8 nitrogen and oxygen atoms in total. The molecule has 0 radical (unpaired) electrons. The second-order valence-corrected chi connectivity index (χ2v) is 8.73. The van der Waals surface area contributed by atoms with Crippen LogP contribution < -0.4 is 5.32 Å². The van der Waals surface area contributed by atoms with Crippen molar-refractivity contribution < 1.29 is 28.7 Å². The lowest BCUT2D eigenvalue weighted by atomic mass is 10.0. The molecule has 0 aromatic heterocycles. The first-order valence-corrected chi connectivity index (χ1v) is 10.8. The summed E-state index contributed by atoms with van der Waals surface area (Å²) in [4.78, 5) is 51.1. The average molecular weight is 453 g/mol.